The molecular formula is C26H29NO9. The van der Waals surface area contributed by atoms with Crippen LogP contribution in [0.25, 0.3) is 5.57 Å². The first-order valence-corrected chi connectivity index (χ1v) is 11.5. The summed E-state index contributed by atoms with van der Waals surface area (Å²) in [6.45, 7) is 1.19. The Hall–Kier alpha value is -3.12. The lowest BCUT2D eigenvalue weighted by molar-refractivity contribution is -0.297. The maximum Gasteiger partial charge on any atom is 0.340 e. The van der Waals surface area contributed by atoms with E-state index in [1.807, 2.05) is 0 Å². The van der Waals surface area contributed by atoms with Crippen molar-refractivity contribution < 1.29 is 43.9 Å². The maximum absolute atomic E-state index is 13.0. The zero-order valence-corrected chi connectivity index (χ0v) is 19.8. The van der Waals surface area contributed by atoms with Gasteiger partial charge in [-0.1, -0.05) is 60.7 Å². The molecule has 36 heavy (non-hydrogen) atoms. The SMILES string of the molecule is COC[C@@H]1O[C@@H](O[C@H]2OC(=O)C([C@@H](O)c3ccccc3)=C2c2ccccc2)[C@H](NC(C)=O)[C@@H](O)[C@@H]1O. The molecule has 2 aliphatic heterocycles. The first-order chi connectivity index (χ1) is 17.3. The molecule has 2 aromatic rings. The van der Waals surface area contributed by atoms with Crippen molar-refractivity contribution in [2.24, 2.45) is 0 Å². The van der Waals surface area contributed by atoms with Gasteiger partial charge in [-0.25, -0.2) is 4.79 Å². The number of aliphatic hydroxyl groups excluding tert-OH is 3. The van der Waals surface area contributed by atoms with Gasteiger partial charge in [0.25, 0.3) is 0 Å². The minimum atomic E-state index is -1.46. The normalized spacial score (nSPS) is 29.1. The van der Waals surface area contributed by atoms with Gasteiger partial charge in [0.15, 0.2) is 6.29 Å². The van der Waals surface area contributed by atoms with Gasteiger partial charge in [-0.2, -0.15) is 0 Å². The molecule has 10 nitrogen and oxygen atoms in total. The van der Waals surface area contributed by atoms with E-state index in [1.54, 1.807) is 60.7 Å². The molecule has 0 aliphatic carbocycles. The molecule has 10 heteroatoms. The molecule has 4 rings (SSSR count). The monoisotopic (exact) mass is 499 g/mol. The van der Waals surface area contributed by atoms with Crippen molar-refractivity contribution in [2.45, 2.75) is 50.0 Å². The first kappa shape index (κ1) is 26.0. The van der Waals surface area contributed by atoms with E-state index in [9.17, 15) is 24.9 Å². The molecule has 0 bridgehead atoms. The quantitative estimate of drug-likeness (QED) is 0.385. The summed E-state index contributed by atoms with van der Waals surface area (Å²) in [5.74, 6) is -1.27. The number of aliphatic hydroxyl groups is 3. The van der Waals surface area contributed by atoms with Gasteiger partial charge in [0, 0.05) is 19.6 Å². The number of hydrogen-bond donors (Lipinski definition) is 4. The van der Waals surface area contributed by atoms with Crippen molar-refractivity contribution in [1.82, 2.24) is 5.32 Å². The van der Waals surface area contributed by atoms with Crippen molar-refractivity contribution in [1.29, 1.82) is 0 Å². The maximum atomic E-state index is 13.0. The Morgan fingerprint density at radius 2 is 1.69 bits per heavy atom. The minimum Gasteiger partial charge on any atom is -0.428 e. The average molecular weight is 500 g/mol. The largest absolute Gasteiger partial charge is 0.428 e. The van der Waals surface area contributed by atoms with Crippen LogP contribution in [0.5, 0.6) is 0 Å². The van der Waals surface area contributed by atoms with Crippen LogP contribution in [0.2, 0.25) is 0 Å². The summed E-state index contributed by atoms with van der Waals surface area (Å²) in [6, 6.07) is 16.3. The number of benzene rings is 2. The molecule has 1 fully saturated rings. The van der Waals surface area contributed by atoms with E-state index in [4.69, 9.17) is 18.9 Å². The third-order valence-corrected chi connectivity index (χ3v) is 6.09. The second-order valence-corrected chi connectivity index (χ2v) is 8.59. The van der Waals surface area contributed by atoms with Crippen LogP contribution in [0, 0.1) is 0 Å². The van der Waals surface area contributed by atoms with Crippen molar-refractivity contribution in [3.05, 3.63) is 77.4 Å². The molecule has 1 amide bonds. The third-order valence-electron chi connectivity index (χ3n) is 6.09. The Balaban J connectivity index is 1.72. The first-order valence-electron chi connectivity index (χ1n) is 11.5. The van der Waals surface area contributed by atoms with E-state index in [-0.39, 0.29) is 17.8 Å². The number of ether oxygens (including phenoxy) is 4. The van der Waals surface area contributed by atoms with Crippen molar-refractivity contribution >= 4 is 17.4 Å². The standard InChI is InChI=1S/C26H29NO9/c1-14(28)27-20-23(31)22(30)17(13-33-2)34-26(20)36-25-18(15-9-5-3-6-10-15)19(24(32)35-25)21(29)16-11-7-4-8-12-16/h3-12,17,20-23,25-26,29-31H,13H2,1-2H3,(H,27,28)/t17-,20+,21-,22+,23+,25+,26-/m0/s1. The summed E-state index contributed by atoms with van der Waals surface area (Å²) in [5.41, 5.74) is 1.34. The molecule has 7 atom stereocenters. The summed E-state index contributed by atoms with van der Waals surface area (Å²) in [4.78, 5) is 24.9. The zero-order valence-electron chi connectivity index (χ0n) is 19.8. The predicted octanol–water partition coefficient (Wildman–Crippen LogP) is 0.671. The second-order valence-electron chi connectivity index (χ2n) is 8.59. The number of carbonyl (C=O) groups excluding carboxylic acids is 2. The second kappa shape index (κ2) is 11.3. The van der Waals surface area contributed by atoms with E-state index in [0.717, 1.165) is 0 Å². The number of amides is 1. The summed E-state index contributed by atoms with van der Waals surface area (Å²) < 4.78 is 22.5. The fourth-order valence-corrected chi connectivity index (χ4v) is 4.38. The van der Waals surface area contributed by atoms with E-state index in [2.05, 4.69) is 5.32 Å². The Morgan fingerprint density at radius 3 is 2.31 bits per heavy atom. The minimum absolute atomic E-state index is 0.00156. The summed E-state index contributed by atoms with van der Waals surface area (Å²) in [5, 5.41) is 34.8. The van der Waals surface area contributed by atoms with Crippen LogP contribution in [0.15, 0.2) is 66.2 Å². The average Bonchev–Trinajstić information content (AvgIpc) is 3.20. The van der Waals surface area contributed by atoms with Crippen LogP contribution in [-0.2, 0) is 28.5 Å². The van der Waals surface area contributed by atoms with Gasteiger partial charge < -0.3 is 39.6 Å². The van der Waals surface area contributed by atoms with Crippen LogP contribution >= 0.6 is 0 Å². The molecule has 192 valence electrons. The topological polar surface area (TPSA) is 144 Å². The molecule has 0 unspecified atom stereocenters. The van der Waals surface area contributed by atoms with Crippen LogP contribution in [0.3, 0.4) is 0 Å². The number of methoxy groups -OCH3 is 1. The fraction of sp³-hybridized carbons (Fsp3) is 0.385. The van der Waals surface area contributed by atoms with Gasteiger partial charge in [0.2, 0.25) is 12.2 Å². The van der Waals surface area contributed by atoms with E-state index < -0.39 is 54.9 Å². The van der Waals surface area contributed by atoms with E-state index in [0.29, 0.717) is 11.1 Å². The Labute approximate surface area is 208 Å². The van der Waals surface area contributed by atoms with Crippen LogP contribution in [-0.4, -0.2) is 77.8 Å². The lowest BCUT2D eigenvalue weighted by Gasteiger charge is -2.43. The van der Waals surface area contributed by atoms with Gasteiger partial charge in [-0.15, -0.1) is 0 Å². The molecule has 4 N–H and O–H groups in total. The highest BCUT2D eigenvalue weighted by Crippen LogP contribution is 2.40. The molecule has 2 aromatic carbocycles. The summed E-state index contributed by atoms with van der Waals surface area (Å²) in [6.07, 6.45) is -7.75. The molecular weight excluding hydrogens is 470 g/mol. The molecule has 0 radical (unpaired) electrons. The van der Waals surface area contributed by atoms with Gasteiger partial charge in [-0.3, -0.25) is 4.79 Å². The van der Waals surface area contributed by atoms with Gasteiger partial charge in [0.05, 0.1) is 12.2 Å². The smallest absolute Gasteiger partial charge is 0.340 e. The molecule has 2 aliphatic rings. The lowest BCUT2D eigenvalue weighted by atomic mass is 9.93. The van der Waals surface area contributed by atoms with Crippen molar-refractivity contribution in [2.75, 3.05) is 13.7 Å². The highest BCUT2D eigenvalue weighted by Gasteiger charge is 2.49. The highest BCUT2D eigenvalue weighted by atomic mass is 16.8. The zero-order chi connectivity index (χ0) is 25.8. The molecule has 0 aromatic heterocycles. The number of cyclic esters (lactones) is 1. The molecule has 0 saturated carbocycles. The van der Waals surface area contributed by atoms with Crippen LogP contribution < -0.4 is 5.32 Å². The highest BCUT2D eigenvalue weighted by molar-refractivity contribution is 6.03. The summed E-state index contributed by atoms with van der Waals surface area (Å²) in [7, 11) is 1.41. The molecule has 0 spiro atoms. The predicted molar refractivity (Wildman–Crippen MR) is 126 cm³/mol. The van der Waals surface area contributed by atoms with E-state index >= 15 is 0 Å². The number of esters is 1. The number of carbonyl (C=O) groups is 2. The van der Waals surface area contributed by atoms with Gasteiger partial charge >= 0.3 is 5.97 Å². The van der Waals surface area contributed by atoms with Crippen molar-refractivity contribution in [3.63, 3.8) is 0 Å². The number of rotatable bonds is 8. The summed E-state index contributed by atoms with van der Waals surface area (Å²) >= 11 is 0. The van der Waals surface area contributed by atoms with Crippen LogP contribution in [0.4, 0.5) is 0 Å². The fourth-order valence-electron chi connectivity index (χ4n) is 4.38. The van der Waals surface area contributed by atoms with E-state index in [1.165, 1.54) is 14.0 Å². The number of nitrogens with one attached hydrogen (secondary N) is 1. The molecule has 1 saturated heterocycles. The van der Waals surface area contributed by atoms with Crippen molar-refractivity contribution in [3.8, 4) is 0 Å². The number of hydrogen-bond acceptors (Lipinski definition) is 9. The third kappa shape index (κ3) is 5.34. The van der Waals surface area contributed by atoms with Crippen LogP contribution in [0.1, 0.15) is 24.2 Å². The van der Waals surface area contributed by atoms with Gasteiger partial charge in [0.1, 0.15) is 30.5 Å². The molecule has 2 heterocycles. The van der Waals surface area contributed by atoms with Gasteiger partial charge in [-0.05, 0) is 11.1 Å². The Bertz CT molecular complexity index is 1090. The Morgan fingerprint density at radius 1 is 1.06 bits per heavy atom. The Kier molecular flexibility index (Phi) is 8.14. The lowest BCUT2D eigenvalue weighted by Crippen LogP contribution is -2.65.